The Bertz CT molecular complexity index is 918. The largest absolute Gasteiger partial charge is 0.482 e. The van der Waals surface area contributed by atoms with E-state index in [1.807, 2.05) is 40.5 Å². The monoisotopic (exact) mass is 441 g/mol. The van der Waals surface area contributed by atoms with E-state index in [1.54, 1.807) is 0 Å². The molecule has 1 N–H and O–H groups in total. The van der Waals surface area contributed by atoms with Gasteiger partial charge in [-0.25, -0.2) is 4.98 Å². The van der Waals surface area contributed by atoms with Crippen LogP contribution < -0.4 is 15.0 Å². The molecule has 0 unspecified atom stereocenters. The molecule has 0 fully saturated rings. The van der Waals surface area contributed by atoms with Gasteiger partial charge in [0.25, 0.3) is 5.91 Å². The molecule has 1 amide bonds. The smallest absolute Gasteiger partial charge is 0.265 e. The fourth-order valence-electron chi connectivity index (χ4n) is 4.03. The first kappa shape index (κ1) is 21.6. The summed E-state index contributed by atoms with van der Waals surface area (Å²) in [5, 5.41) is 4.54. The van der Waals surface area contributed by atoms with Crippen molar-refractivity contribution in [3.05, 3.63) is 39.8 Å². The third-order valence-corrected chi connectivity index (χ3v) is 6.71. The van der Waals surface area contributed by atoms with Crippen LogP contribution in [0.4, 0.5) is 5.69 Å². The van der Waals surface area contributed by atoms with Crippen LogP contribution in [0.15, 0.2) is 29.3 Å². The number of aryl methyl sites for hydroxylation is 2. The first-order valence-electron chi connectivity index (χ1n) is 11.1. The van der Waals surface area contributed by atoms with Crippen LogP contribution in [0.25, 0.3) is 0 Å². The first-order valence-corrected chi connectivity index (χ1v) is 12.0. The maximum atomic E-state index is 12.3. The summed E-state index contributed by atoms with van der Waals surface area (Å²) in [5.74, 6) is 1.65. The molecule has 2 aliphatic rings. The molecule has 8 heteroatoms. The molecule has 0 radical (unpaired) electrons. The van der Waals surface area contributed by atoms with Gasteiger partial charge in [-0.3, -0.25) is 9.79 Å². The second-order valence-corrected chi connectivity index (χ2v) is 9.10. The molecule has 7 nitrogen and oxygen atoms in total. The number of amides is 1. The van der Waals surface area contributed by atoms with Crippen LogP contribution in [0.2, 0.25) is 0 Å². The molecule has 2 aromatic rings. The van der Waals surface area contributed by atoms with Gasteiger partial charge in [-0.2, -0.15) is 0 Å². The highest BCUT2D eigenvalue weighted by Crippen LogP contribution is 2.31. The van der Waals surface area contributed by atoms with Gasteiger partial charge in [0.2, 0.25) is 0 Å². The highest BCUT2D eigenvalue weighted by molar-refractivity contribution is 7.11. The molecule has 1 aliphatic carbocycles. The number of thiazole rings is 1. The standard InChI is InChI=1S/C23H31N5O2S/c1-3-24-23(27(2)15-21-26-17-9-4-7-12-20(17)31-21)25-13-8-14-28-18-10-5-6-11-19(18)30-16-22(28)29/h5-6,10-11H,3-4,7-9,12-16H2,1-2H3,(H,24,25). The van der Waals surface area contributed by atoms with Gasteiger partial charge in [0, 0.05) is 31.6 Å². The van der Waals surface area contributed by atoms with Crippen LogP contribution in [0, 0.1) is 0 Å². The van der Waals surface area contributed by atoms with E-state index < -0.39 is 0 Å². The van der Waals surface area contributed by atoms with Gasteiger partial charge in [0.1, 0.15) is 10.8 Å². The number of rotatable bonds is 7. The predicted molar refractivity (Wildman–Crippen MR) is 125 cm³/mol. The summed E-state index contributed by atoms with van der Waals surface area (Å²) >= 11 is 1.85. The number of aromatic nitrogens is 1. The lowest BCUT2D eigenvalue weighted by molar-refractivity contribution is -0.121. The van der Waals surface area contributed by atoms with Gasteiger partial charge in [0.05, 0.1) is 17.9 Å². The van der Waals surface area contributed by atoms with Gasteiger partial charge >= 0.3 is 0 Å². The average Bonchev–Trinajstić information content (AvgIpc) is 3.19. The first-order chi connectivity index (χ1) is 15.2. The lowest BCUT2D eigenvalue weighted by atomic mass is 10.0. The number of aliphatic imine (C=N–C) groups is 1. The van der Waals surface area contributed by atoms with E-state index in [0.29, 0.717) is 13.1 Å². The minimum atomic E-state index is -0.000518. The highest BCUT2D eigenvalue weighted by Gasteiger charge is 2.24. The molecule has 0 bridgehead atoms. The fraction of sp³-hybridized carbons (Fsp3) is 0.522. The Morgan fingerprint density at radius 2 is 2.16 bits per heavy atom. The number of hydrogen-bond acceptors (Lipinski definition) is 5. The Balaban J connectivity index is 1.34. The van der Waals surface area contributed by atoms with Crippen molar-refractivity contribution in [1.82, 2.24) is 15.2 Å². The van der Waals surface area contributed by atoms with Crippen molar-refractivity contribution in [3.8, 4) is 5.75 Å². The summed E-state index contributed by atoms with van der Waals surface area (Å²) in [6, 6.07) is 7.69. The van der Waals surface area contributed by atoms with Gasteiger partial charge < -0.3 is 19.9 Å². The average molecular weight is 442 g/mol. The zero-order valence-corrected chi connectivity index (χ0v) is 19.2. The van der Waals surface area contributed by atoms with Gasteiger partial charge in [-0.05, 0) is 51.2 Å². The van der Waals surface area contributed by atoms with E-state index in [2.05, 4.69) is 24.2 Å². The lowest BCUT2D eigenvalue weighted by Crippen LogP contribution is -2.40. The number of guanidine groups is 1. The van der Waals surface area contributed by atoms with Gasteiger partial charge in [-0.15, -0.1) is 11.3 Å². The Morgan fingerprint density at radius 3 is 3.00 bits per heavy atom. The normalized spacial score (nSPS) is 15.9. The summed E-state index contributed by atoms with van der Waals surface area (Å²) in [5.41, 5.74) is 2.15. The van der Waals surface area contributed by atoms with Crippen molar-refractivity contribution in [2.45, 2.75) is 45.6 Å². The highest BCUT2D eigenvalue weighted by atomic mass is 32.1. The Labute approximate surface area is 188 Å². The van der Waals surface area contributed by atoms with Crippen LogP contribution in [0.1, 0.15) is 41.8 Å². The van der Waals surface area contributed by atoms with Crippen molar-refractivity contribution in [1.29, 1.82) is 0 Å². The molecule has 166 valence electrons. The van der Waals surface area contributed by atoms with E-state index in [1.165, 1.54) is 29.8 Å². The summed E-state index contributed by atoms with van der Waals surface area (Å²) in [6.45, 7) is 5.03. The zero-order valence-electron chi connectivity index (χ0n) is 18.4. The lowest BCUT2D eigenvalue weighted by Gasteiger charge is -2.29. The molecular weight excluding hydrogens is 410 g/mol. The molecule has 2 heterocycles. The number of nitrogens with one attached hydrogen (secondary N) is 1. The second-order valence-electron chi connectivity index (χ2n) is 7.93. The van der Waals surface area contributed by atoms with Crippen molar-refractivity contribution >= 4 is 28.9 Å². The topological polar surface area (TPSA) is 70.1 Å². The number of carbonyl (C=O) groups is 1. The van der Waals surface area contributed by atoms with Crippen LogP contribution >= 0.6 is 11.3 Å². The Hall–Kier alpha value is -2.61. The molecule has 4 rings (SSSR count). The molecule has 0 atom stereocenters. The summed E-state index contributed by atoms with van der Waals surface area (Å²) in [6.07, 6.45) is 5.62. The molecule has 1 aliphatic heterocycles. The number of carbonyl (C=O) groups excluding carboxylic acids is 1. The van der Waals surface area contributed by atoms with Crippen molar-refractivity contribution in [2.75, 3.05) is 38.2 Å². The van der Waals surface area contributed by atoms with Crippen LogP contribution in [-0.4, -0.2) is 55.0 Å². The fourth-order valence-corrected chi connectivity index (χ4v) is 5.24. The zero-order chi connectivity index (χ0) is 21.6. The third kappa shape index (κ3) is 5.18. The summed E-state index contributed by atoms with van der Waals surface area (Å²) in [7, 11) is 2.06. The SMILES string of the molecule is CCNC(=NCCCN1C(=O)COc2ccccc21)N(C)Cc1nc2c(s1)CCCC2. The Morgan fingerprint density at radius 1 is 1.32 bits per heavy atom. The van der Waals surface area contributed by atoms with Crippen LogP contribution in [-0.2, 0) is 24.2 Å². The number of anilines is 1. The third-order valence-electron chi connectivity index (χ3n) is 5.57. The minimum Gasteiger partial charge on any atom is -0.482 e. The number of para-hydroxylation sites is 2. The number of ether oxygens (including phenoxy) is 1. The molecule has 0 saturated heterocycles. The van der Waals surface area contributed by atoms with E-state index in [4.69, 9.17) is 14.7 Å². The predicted octanol–water partition coefficient (Wildman–Crippen LogP) is 3.23. The van der Waals surface area contributed by atoms with Crippen LogP contribution in [0.5, 0.6) is 5.75 Å². The number of fused-ring (bicyclic) bond motifs is 2. The molecule has 31 heavy (non-hydrogen) atoms. The maximum absolute atomic E-state index is 12.3. The minimum absolute atomic E-state index is 0.000518. The van der Waals surface area contributed by atoms with E-state index in [9.17, 15) is 4.79 Å². The van der Waals surface area contributed by atoms with E-state index in [-0.39, 0.29) is 12.5 Å². The maximum Gasteiger partial charge on any atom is 0.265 e. The Kier molecular flexibility index (Phi) is 7.06. The summed E-state index contributed by atoms with van der Waals surface area (Å²) < 4.78 is 5.52. The van der Waals surface area contributed by atoms with Gasteiger partial charge in [-0.1, -0.05) is 12.1 Å². The molecule has 0 saturated carbocycles. The quantitative estimate of drug-likeness (QED) is 0.406. The number of benzene rings is 1. The summed E-state index contributed by atoms with van der Waals surface area (Å²) in [4.78, 5) is 27.4. The van der Waals surface area contributed by atoms with Crippen molar-refractivity contribution < 1.29 is 9.53 Å². The van der Waals surface area contributed by atoms with E-state index in [0.717, 1.165) is 48.3 Å². The molecule has 1 aromatic carbocycles. The van der Waals surface area contributed by atoms with Crippen molar-refractivity contribution in [3.63, 3.8) is 0 Å². The molecule has 0 spiro atoms. The van der Waals surface area contributed by atoms with E-state index >= 15 is 0 Å². The second kappa shape index (κ2) is 10.1. The molecule has 1 aromatic heterocycles. The molecular formula is C23H31N5O2S. The van der Waals surface area contributed by atoms with Crippen molar-refractivity contribution in [2.24, 2.45) is 4.99 Å². The number of nitrogens with zero attached hydrogens (tertiary/aromatic N) is 4. The van der Waals surface area contributed by atoms with Gasteiger partial charge in [0.15, 0.2) is 12.6 Å². The van der Waals surface area contributed by atoms with Crippen LogP contribution in [0.3, 0.4) is 0 Å². The number of hydrogen-bond donors (Lipinski definition) is 1.